The number of ether oxygens (including phenoxy) is 1. The van der Waals surface area contributed by atoms with Crippen molar-refractivity contribution in [3.8, 4) is 11.3 Å². The number of aryl methyl sites for hydroxylation is 2. The molecule has 0 aliphatic carbocycles. The number of nitrogens with zero attached hydrogens (tertiary/aromatic N) is 3. The third kappa shape index (κ3) is 5.40. The molecule has 1 aliphatic rings. The molecule has 168 valence electrons. The SMILES string of the molecule is CCO[C@H]1CN(C(=S)NC)C[C@H]1Nc1nc(CC)c(-c2ccc(Cl)cc2Cl)nc1CC. The minimum atomic E-state index is 0.0123. The summed E-state index contributed by atoms with van der Waals surface area (Å²) in [6, 6.07) is 5.52. The quantitative estimate of drug-likeness (QED) is 0.560. The van der Waals surface area contributed by atoms with E-state index >= 15 is 0 Å². The lowest BCUT2D eigenvalue weighted by Crippen LogP contribution is -2.37. The minimum Gasteiger partial charge on any atom is -0.374 e. The molecule has 0 bridgehead atoms. The Bertz CT molecular complexity index is 942. The van der Waals surface area contributed by atoms with Gasteiger partial charge in [0.15, 0.2) is 5.11 Å². The molecule has 1 aromatic heterocycles. The first-order chi connectivity index (χ1) is 14.9. The summed E-state index contributed by atoms with van der Waals surface area (Å²) in [5, 5.41) is 8.54. The van der Waals surface area contributed by atoms with Crippen LogP contribution in [0.2, 0.25) is 10.0 Å². The van der Waals surface area contributed by atoms with E-state index in [2.05, 4.69) is 29.4 Å². The highest BCUT2D eigenvalue weighted by Gasteiger charge is 2.35. The van der Waals surface area contributed by atoms with E-state index in [1.165, 1.54) is 0 Å². The number of anilines is 1. The van der Waals surface area contributed by atoms with Crippen LogP contribution in [0.4, 0.5) is 5.82 Å². The fourth-order valence-corrected chi connectivity index (χ4v) is 4.45. The van der Waals surface area contributed by atoms with E-state index in [9.17, 15) is 0 Å². The highest BCUT2D eigenvalue weighted by atomic mass is 35.5. The maximum atomic E-state index is 6.47. The van der Waals surface area contributed by atoms with Gasteiger partial charge in [-0.05, 0) is 50.2 Å². The fraction of sp³-hybridized carbons (Fsp3) is 0.500. The number of halogens is 2. The summed E-state index contributed by atoms with van der Waals surface area (Å²) in [6.07, 6.45) is 1.48. The van der Waals surface area contributed by atoms with Crippen molar-refractivity contribution in [2.75, 3.05) is 32.1 Å². The number of rotatable bonds is 7. The summed E-state index contributed by atoms with van der Waals surface area (Å²) < 4.78 is 5.99. The van der Waals surface area contributed by atoms with Crippen LogP contribution in [0.1, 0.15) is 32.2 Å². The molecule has 9 heteroatoms. The third-order valence-corrected chi connectivity index (χ3v) is 6.38. The van der Waals surface area contributed by atoms with Crippen LogP contribution >= 0.6 is 35.4 Å². The van der Waals surface area contributed by atoms with Gasteiger partial charge in [-0.3, -0.25) is 0 Å². The van der Waals surface area contributed by atoms with Crippen LogP contribution in [0, 0.1) is 0 Å². The molecule has 2 N–H and O–H groups in total. The molecule has 0 radical (unpaired) electrons. The molecule has 2 heterocycles. The fourth-order valence-electron chi connectivity index (χ4n) is 3.81. The zero-order valence-corrected chi connectivity index (χ0v) is 20.7. The zero-order chi connectivity index (χ0) is 22.5. The Morgan fingerprint density at radius 2 is 1.90 bits per heavy atom. The number of nitrogens with one attached hydrogen (secondary N) is 2. The average molecular weight is 482 g/mol. The standard InChI is InChI=1S/C22H29Cl2N5OS/c1-5-16-20(14-9-8-13(23)10-15(14)24)26-17(6-2)21(27-16)28-18-11-29(22(31)25-4)12-19(18)30-7-3/h8-10,18-19H,5-7,11-12H2,1-4H3,(H,25,31)(H,27,28)/t18-,19+/m1/s1. The number of hydrogen-bond acceptors (Lipinski definition) is 5. The summed E-state index contributed by atoms with van der Waals surface area (Å²) in [6.45, 7) is 8.26. The Morgan fingerprint density at radius 1 is 1.16 bits per heavy atom. The van der Waals surface area contributed by atoms with Crippen LogP contribution in [0.25, 0.3) is 11.3 Å². The topological polar surface area (TPSA) is 62.3 Å². The summed E-state index contributed by atoms with van der Waals surface area (Å²) in [4.78, 5) is 12.0. The maximum Gasteiger partial charge on any atom is 0.168 e. The van der Waals surface area contributed by atoms with E-state index in [-0.39, 0.29) is 12.1 Å². The lowest BCUT2D eigenvalue weighted by Gasteiger charge is -2.22. The van der Waals surface area contributed by atoms with Crippen LogP contribution in [0.3, 0.4) is 0 Å². The Hall–Kier alpha value is -1.67. The highest BCUT2D eigenvalue weighted by Crippen LogP contribution is 2.33. The molecule has 0 unspecified atom stereocenters. The molecular formula is C22H29Cl2N5OS. The molecule has 1 fully saturated rings. The number of thiocarbonyl (C=S) groups is 1. The molecule has 0 amide bonds. The molecule has 0 saturated carbocycles. The van der Waals surface area contributed by atoms with E-state index in [0.29, 0.717) is 16.7 Å². The molecule has 31 heavy (non-hydrogen) atoms. The first-order valence-electron chi connectivity index (χ1n) is 10.6. The van der Waals surface area contributed by atoms with Gasteiger partial charge in [0, 0.05) is 37.3 Å². The van der Waals surface area contributed by atoms with E-state index in [4.69, 9.17) is 50.1 Å². The largest absolute Gasteiger partial charge is 0.374 e. The van der Waals surface area contributed by atoms with Crippen molar-refractivity contribution in [1.29, 1.82) is 0 Å². The molecule has 1 aromatic carbocycles. The van der Waals surface area contributed by atoms with Crippen molar-refractivity contribution in [3.63, 3.8) is 0 Å². The first-order valence-corrected chi connectivity index (χ1v) is 11.8. The second kappa shape index (κ2) is 10.8. The summed E-state index contributed by atoms with van der Waals surface area (Å²) in [7, 11) is 1.84. The van der Waals surface area contributed by atoms with Crippen molar-refractivity contribution < 1.29 is 4.74 Å². The monoisotopic (exact) mass is 481 g/mol. The Labute approximate surface area is 199 Å². The predicted molar refractivity (Wildman–Crippen MR) is 132 cm³/mol. The van der Waals surface area contributed by atoms with Crippen LogP contribution < -0.4 is 10.6 Å². The van der Waals surface area contributed by atoms with Gasteiger partial charge < -0.3 is 20.3 Å². The van der Waals surface area contributed by atoms with Crippen LogP contribution in [0.5, 0.6) is 0 Å². The van der Waals surface area contributed by atoms with Gasteiger partial charge in [0.2, 0.25) is 0 Å². The van der Waals surface area contributed by atoms with E-state index in [0.717, 1.165) is 59.5 Å². The molecule has 2 atom stereocenters. The zero-order valence-electron chi connectivity index (χ0n) is 18.3. The van der Waals surface area contributed by atoms with E-state index in [1.54, 1.807) is 6.07 Å². The molecule has 3 rings (SSSR count). The highest BCUT2D eigenvalue weighted by molar-refractivity contribution is 7.80. The van der Waals surface area contributed by atoms with Gasteiger partial charge in [0.05, 0.1) is 34.3 Å². The number of hydrogen-bond donors (Lipinski definition) is 2. The molecule has 1 saturated heterocycles. The molecule has 1 aliphatic heterocycles. The first kappa shape index (κ1) is 24.0. The molecular weight excluding hydrogens is 453 g/mol. The van der Waals surface area contributed by atoms with Crippen molar-refractivity contribution in [2.45, 2.75) is 45.8 Å². The number of likely N-dealkylation sites (tertiary alicyclic amines) is 1. The predicted octanol–water partition coefficient (Wildman–Crippen LogP) is 4.58. The molecule has 6 nitrogen and oxygen atoms in total. The molecule has 2 aromatic rings. The van der Waals surface area contributed by atoms with Crippen molar-refractivity contribution >= 4 is 46.4 Å². The van der Waals surface area contributed by atoms with Gasteiger partial charge in [-0.25, -0.2) is 9.97 Å². The number of aromatic nitrogens is 2. The van der Waals surface area contributed by atoms with Gasteiger partial charge in [-0.1, -0.05) is 37.0 Å². The van der Waals surface area contributed by atoms with Gasteiger partial charge in [0.1, 0.15) is 5.82 Å². The average Bonchev–Trinajstić information content (AvgIpc) is 3.15. The van der Waals surface area contributed by atoms with Gasteiger partial charge >= 0.3 is 0 Å². The van der Waals surface area contributed by atoms with Crippen LogP contribution in [-0.4, -0.2) is 58.9 Å². The second-order valence-corrected chi connectivity index (χ2v) is 8.58. The van der Waals surface area contributed by atoms with E-state index < -0.39 is 0 Å². The Balaban J connectivity index is 1.95. The minimum absolute atomic E-state index is 0.0123. The van der Waals surface area contributed by atoms with Crippen molar-refractivity contribution in [1.82, 2.24) is 20.2 Å². The maximum absolute atomic E-state index is 6.47. The normalized spacial score (nSPS) is 18.3. The summed E-state index contributed by atoms with van der Waals surface area (Å²) >= 11 is 18.0. The smallest absolute Gasteiger partial charge is 0.168 e. The lowest BCUT2D eigenvalue weighted by atomic mass is 10.1. The Kier molecular flexibility index (Phi) is 8.33. The van der Waals surface area contributed by atoms with Gasteiger partial charge in [-0.15, -0.1) is 0 Å². The number of benzene rings is 1. The van der Waals surface area contributed by atoms with E-state index in [1.807, 2.05) is 26.1 Å². The van der Waals surface area contributed by atoms with Crippen molar-refractivity contribution in [2.24, 2.45) is 0 Å². The van der Waals surface area contributed by atoms with Gasteiger partial charge in [-0.2, -0.15) is 0 Å². The lowest BCUT2D eigenvalue weighted by molar-refractivity contribution is 0.0672. The molecule has 0 spiro atoms. The Morgan fingerprint density at radius 3 is 2.52 bits per heavy atom. The van der Waals surface area contributed by atoms with Gasteiger partial charge in [0.25, 0.3) is 0 Å². The summed E-state index contributed by atoms with van der Waals surface area (Å²) in [5.74, 6) is 0.792. The van der Waals surface area contributed by atoms with Crippen LogP contribution in [-0.2, 0) is 17.6 Å². The van der Waals surface area contributed by atoms with Crippen LogP contribution in [0.15, 0.2) is 18.2 Å². The van der Waals surface area contributed by atoms with Crippen molar-refractivity contribution in [3.05, 3.63) is 39.6 Å². The summed E-state index contributed by atoms with van der Waals surface area (Å²) in [5.41, 5.74) is 3.42. The third-order valence-electron chi connectivity index (χ3n) is 5.37. The second-order valence-electron chi connectivity index (χ2n) is 7.35.